The molecule has 6 heteroatoms. The lowest BCUT2D eigenvalue weighted by Crippen LogP contribution is -2.34. The van der Waals surface area contributed by atoms with Crippen LogP contribution in [0.3, 0.4) is 0 Å². The quantitative estimate of drug-likeness (QED) is 0.790. The fourth-order valence-electron chi connectivity index (χ4n) is 3.17. The van der Waals surface area contributed by atoms with Crippen LogP contribution < -0.4 is 5.32 Å². The number of ether oxygens (including phenoxy) is 1. The number of halogens is 2. The molecule has 1 aliphatic heterocycles. The molecule has 1 atom stereocenters. The van der Waals surface area contributed by atoms with Gasteiger partial charge in [-0.25, -0.2) is 9.18 Å². The van der Waals surface area contributed by atoms with Crippen LogP contribution in [0.4, 0.5) is 4.39 Å². The molecule has 0 saturated heterocycles. The largest absolute Gasteiger partial charge is 0.457 e. The molecule has 4 nitrogen and oxygen atoms in total. The van der Waals surface area contributed by atoms with Crippen molar-refractivity contribution in [2.45, 2.75) is 32.8 Å². The summed E-state index contributed by atoms with van der Waals surface area (Å²) in [6.07, 6.45) is -0.0764. The number of hydrogen-bond donors (Lipinski definition) is 1. The number of esters is 1. The van der Waals surface area contributed by atoms with E-state index in [0.29, 0.717) is 5.70 Å². The van der Waals surface area contributed by atoms with Crippen molar-refractivity contribution in [3.05, 3.63) is 81.3 Å². The predicted octanol–water partition coefficient (Wildman–Crippen LogP) is 4.41. The molecule has 1 N–H and O–H groups in total. The molecule has 3 rings (SSSR count). The fourth-order valence-corrected chi connectivity index (χ4v) is 3.47. The van der Waals surface area contributed by atoms with Crippen LogP contribution in [0.15, 0.2) is 53.7 Å². The maximum absolute atomic E-state index is 14.4. The van der Waals surface area contributed by atoms with E-state index >= 15 is 0 Å². The fraction of sp³-hybridized carbons (Fsp3) is 0.238. The number of hydrogen-bond acceptors (Lipinski definition) is 3. The molecule has 140 valence electrons. The Kier molecular flexibility index (Phi) is 5.61. The third kappa shape index (κ3) is 4.19. The molecule has 0 radical (unpaired) electrons. The van der Waals surface area contributed by atoms with Gasteiger partial charge in [-0.2, -0.15) is 0 Å². The lowest BCUT2D eigenvalue weighted by atomic mass is 9.84. The Morgan fingerprint density at radius 1 is 1.22 bits per heavy atom. The highest BCUT2D eigenvalue weighted by Crippen LogP contribution is 2.38. The molecule has 0 fully saturated rings. The first-order chi connectivity index (χ1) is 12.9. The third-order valence-corrected chi connectivity index (χ3v) is 4.86. The zero-order valence-electron chi connectivity index (χ0n) is 15.0. The van der Waals surface area contributed by atoms with Gasteiger partial charge in [0.25, 0.3) is 0 Å². The van der Waals surface area contributed by atoms with Gasteiger partial charge in [0.15, 0.2) is 0 Å². The predicted molar refractivity (Wildman–Crippen MR) is 101 cm³/mol. The Hall–Kier alpha value is -2.66. The van der Waals surface area contributed by atoms with E-state index in [0.717, 1.165) is 11.1 Å². The molecular weight excluding hydrogens is 369 g/mol. The summed E-state index contributed by atoms with van der Waals surface area (Å²) in [5.74, 6) is -2.25. The van der Waals surface area contributed by atoms with Crippen molar-refractivity contribution in [3.8, 4) is 0 Å². The summed E-state index contributed by atoms with van der Waals surface area (Å²) in [5, 5.41) is 2.80. The van der Waals surface area contributed by atoms with Gasteiger partial charge in [0.2, 0.25) is 5.91 Å². The number of allylic oxidation sites excluding steroid dienone is 1. The average molecular weight is 388 g/mol. The van der Waals surface area contributed by atoms with Gasteiger partial charge in [-0.1, -0.05) is 47.5 Å². The molecule has 2 aromatic rings. The molecule has 0 unspecified atom stereocenters. The van der Waals surface area contributed by atoms with Crippen LogP contribution in [0.2, 0.25) is 5.02 Å². The van der Waals surface area contributed by atoms with Crippen LogP contribution in [0.25, 0.3) is 0 Å². The summed E-state index contributed by atoms with van der Waals surface area (Å²) in [5.41, 5.74) is 2.65. The second-order valence-corrected chi connectivity index (χ2v) is 6.95. The summed E-state index contributed by atoms with van der Waals surface area (Å²) < 4.78 is 19.9. The topological polar surface area (TPSA) is 55.4 Å². The molecule has 0 aliphatic carbocycles. The van der Waals surface area contributed by atoms with Gasteiger partial charge >= 0.3 is 5.97 Å². The van der Waals surface area contributed by atoms with Crippen molar-refractivity contribution in [1.82, 2.24) is 5.32 Å². The highest BCUT2D eigenvalue weighted by Gasteiger charge is 2.35. The second-order valence-electron chi connectivity index (χ2n) is 6.54. The molecule has 1 heterocycles. The van der Waals surface area contributed by atoms with Crippen LogP contribution in [-0.4, -0.2) is 11.9 Å². The maximum Gasteiger partial charge on any atom is 0.336 e. The molecule has 1 amide bonds. The maximum atomic E-state index is 14.4. The van der Waals surface area contributed by atoms with Gasteiger partial charge in [0, 0.05) is 28.6 Å². The highest BCUT2D eigenvalue weighted by molar-refractivity contribution is 6.31. The minimum atomic E-state index is -0.794. The highest BCUT2D eigenvalue weighted by atomic mass is 35.5. The smallest absolute Gasteiger partial charge is 0.336 e. The summed E-state index contributed by atoms with van der Waals surface area (Å²) in [6, 6.07) is 11.9. The minimum absolute atomic E-state index is 0.0764. The molecule has 1 aliphatic rings. The van der Waals surface area contributed by atoms with Crippen LogP contribution in [0.5, 0.6) is 0 Å². The van der Waals surface area contributed by atoms with Gasteiger partial charge in [0.05, 0.1) is 5.57 Å². The Morgan fingerprint density at radius 3 is 2.59 bits per heavy atom. The van der Waals surface area contributed by atoms with Crippen LogP contribution >= 0.6 is 11.6 Å². The van der Waals surface area contributed by atoms with E-state index in [1.54, 1.807) is 6.92 Å². The summed E-state index contributed by atoms with van der Waals surface area (Å²) in [7, 11) is 0. The van der Waals surface area contributed by atoms with E-state index in [-0.39, 0.29) is 35.1 Å². The number of amides is 1. The number of nitrogens with one attached hydrogen (secondary N) is 1. The Labute approximate surface area is 162 Å². The number of carbonyl (C=O) groups excluding carboxylic acids is 2. The first-order valence-electron chi connectivity index (χ1n) is 8.54. The first kappa shape index (κ1) is 19.1. The van der Waals surface area contributed by atoms with Crippen molar-refractivity contribution >= 4 is 23.5 Å². The monoisotopic (exact) mass is 387 g/mol. The van der Waals surface area contributed by atoms with Crippen LogP contribution in [0.1, 0.15) is 36.0 Å². The lowest BCUT2D eigenvalue weighted by Gasteiger charge is -2.27. The Balaban J connectivity index is 1.89. The third-order valence-electron chi connectivity index (χ3n) is 4.53. The number of benzene rings is 2. The molecule has 0 bridgehead atoms. The van der Waals surface area contributed by atoms with E-state index in [9.17, 15) is 14.0 Å². The van der Waals surface area contributed by atoms with Crippen LogP contribution in [0, 0.1) is 12.7 Å². The zero-order chi connectivity index (χ0) is 19.6. The van der Waals surface area contributed by atoms with Crippen molar-refractivity contribution in [2.75, 3.05) is 0 Å². The minimum Gasteiger partial charge on any atom is -0.457 e. The number of carbonyl (C=O) groups is 2. The van der Waals surface area contributed by atoms with Gasteiger partial charge in [-0.05, 0) is 31.5 Å². The summed E-state index contributed by atoms with van der Waals surface area (Å²) in [4.78, 5) is 24.8. The lowest BCUT2D eigenvalue weighted by molar-refractivity contribution is -0.141. The normalized spacial score (nSPS) is 16.9. The van der Waals surface area contributed by atoms with E-state index in [1.165, 1.54) is 18.2 Å². The standard InChI is InChI=1S/C21H19ClFNO3/c1-12-6-8-14(9-7-12)11-27-21(26)19-13(2)24-18(25)10-15(19)20-16(22)4-3-5-17(20)23/h3-9,15H,10-11H2,1-2H3,(H,24,25)/t15-/m1/s1. The molecule has 27 heavy (non-hydrogen) atoms. The SMILES string of the molecule is CC1=C(C(=O)OCc2ccc(C)cc2)[C@H](c2c(F)cccc2Cl)CC(=O)N1. The van der Waals surface area contributed by atoms with Crippen molar-refractivity contribution in [1.29, 1.82) is 0 Å². The van der Waals surface area contributed by atoms with E-state index in [2.05, 4.69) is 5.32 Å². The molecule has 0 aromatic heterocycles. The molecule has 0 spiro atoms. The zero-order valence-corrected chi connectivity index (χ0v) is 15.8. The number of aryl methyl sites for hydroxylation is 1. The van der Waals surface area contributed by atoms with Gasteiger partial charge in [0.1, 0.15) is 12.4 Å². The summed E-state index contributed by atoms with van der Waals surface area (Å²) >= 11 is 6.17. The Morgan fingerprint density at radius 2 is 1.93 bits per heavy atom. The number of rotatable bonds is 4. The van der Waals surface area contributed by atoms with Gasteiger partial charge < -0.3 is 10.1 Å². The van der Waals surface area contributed by atoms with Crippen molar-refractivity contribution in [3.63, 3.8) is 0 Å². The molecular formula is C21H19ClFNO3. The van der Waals surface area contributed by atoms with E-state index in [1.807, 2.05) is 31.2 Å². The van der Waals surface area contributed by atoms with Gasteiger partial charge in [-0.3, -0.25) is 4.79 Å². The Bertz CT molecular complexity index is 901. The van der Waals surface area contributed by atoms with E-state index in [4.69, 9.17) is 16.3 Å². The van der Waals surface area contributed by atoms with Gasteiger partial charge in [-0.15, -0.1) is 0 Å². The van der Waals surface area contributed by atoms with E-state index < -0.39 is 17.7 Å². The molecule has 0 saturated carbocycles. The van der Waals surface area contributed by atoms with Crippen LogP contribution in [-0.2, 0) is 20.9 Å². The van der Waals surface area contributed by atoms with Crippen molar-refractivity contribution in [2.24, 2.45) is 0 Å². The second kappa shape index (κ2) is 7.92. The van der Waals surface area contributed by atoms with Crippen molar-refractivity contribution < 1.29 is 18.7 Å². The average Bonchev–Trinajstić information content (AvgIpc) is 2.60. The first-order valence-corrected chi connectivity index (χ1v) is 8.92. The summed E-state index contributed by atoms with van der Waals surface area (Å²) in [6.45, 7) is 3.65. The molecule has 2 aromatic carbocycles.